The number of nitrogens with zero attached hydrogens (tertiary/aromatic N) is 3. The lowest BCUT2D eigenvalue weighted by atomic mass is 9.79. The van der Waals surface area contributed by atoms with Gasteiger partial charge in [0.05, 0.1) is 38.6 Å². The number of aliphatic hydroxyl groups is 1. The highest BCUT2D eigenvalue weighted by molar-refractivity contribution is 8.03. The molecular formula is C20H29N4O4S+. The molecule has 1 aromatic heterocycles. The highest BCUT2D eigenvalue weighted by atomic mass is 32.2. The fourth-order valence-electron chi connectivity index (χ4n) is 5.01. The maximum absolute atomic E-state index is 12.5. The number of amides is 1. The average molecular weight is 422 g/mol. The quantitative estimate of drug-likeness (QED) is 0.442. The van der Waals surface area contributed by atoms with Crippen LogP contribution >= 0.6 is 11.8 Å². The lowest BCUT2D eigenvalue weighted by Gasteiger charge is -2.46. The zero-order valence-electron chi connectivity index (χ0n) is 17.2. The molecular weight excluding hydrogens is 392 g/mol. The Morgan fingerprint density at radius 2 is 2.21 bits per heavy atom. The number of thioether (sulfide) groups is 1. The first-order valence-electron chi connectivity index (χ1n) is 10.1. The number of aliphatic hydroxyl groups excluding tert-OH is 1. The van der Waals surface area contributed by atoms with Crippen molar-refractivity contribution in [1.82, 2.24) is 14.8 Å². The van der Waals surface area contributed by atoms with Gasteiger partial charge in [0.25, 0.3) is 5.82 Å². The van der Waals surface area contributed by atoms with Crippen molar-refractivity contribution in [3.63, 3.8) is 0 Å². The summed E-state index contributed by atoms with van der Waals surface area (Å²) in [5.74, 6) is -0.680. The summed E-state index contributed by atoms with van der Waals surface area (Å²) in [6.45, 7) is 4.39. The summed E-state index contributed by atoms with van der Waals surface area (Å²) in [4.78, 5) is 26.6. The smallest absolute Gasteiger partial charge is 0.353 e. The van der Waals surface area contributed by atoms with E-state index in [1.807, 2.05) is 33.4 Å². The van der Waals surface area contributed by atoms with Crippen molar-refractivity contribution in [1.29, 1.82) is 0 Å². The van der Waals surface area contributed by atoms with E-state index in [-0.39, 0.29) is 28.8 Å². The van der Waals surface area contributed by atoms with Crippen molar-refractivity contribution >= 4 is 23.6 Å². The van der Waals surface area contributed by atoms with E-state index in [2.05, 4.69) is 14.5 Å². The van der Waals surface area contributed by atoms with Gasteiger partial charge in [-0.25, -0.2) is 13.9 Å². The highest BCUT2D eigenvalue weighted by Gasteiger charge is 2.60. The molecule has 4 heterocycles. The fraction of sp³-hybridized carbons (Fsp3) is 0.650. The Labute approximate surface area is 174 Å². The first kappa shape index (κ1) is 20.4. The Bertz CT molecular complexity index is 860. The SMILES string of the molecule is C[C@@H](O)[C@H]1C(=O)N2C(C(=O)O)=C(S[C@@H]3CN[C@H](Cc4n(C)cc[n+]4C)C3)[C@H](C)[C@H]12. The number of hydrogen-bond donors (Lipinski definition) is 3. The predicted molar refractivity (Wildman–Crippen MR) is 108 cm³/mol. The molecule has 0 aliphatic carbocycles. The number of rotatable bonds is 6. The normalized spacial score (nSPS) is 32.5. The summed E-state index contributed by atoms with van der Waals surface area (Å²) in [6, 6.07) is 0.0884. The Hall–Kier alpha value is -1.84. The number of carbonyl (C=O) groups excluding carboxylic acids is 1. The van der Waals surface area contributed by atoms with E-state index in [0.29, 0.717) is 6.04 Å². The summed E-state index contributed by atoms with van der Waals surface area (Å²) in [5, 5.41) is 23.6. The van der Waals surface area contributed by atoms with Gasteiger partial charge in [-0.05, 0) is 13.3 Å². The van der Waals surface area contributed by atoms with Gasteiger partial charge in [0.15, 0.2) is 0 Å². The van der Waals surface area contributed by atoms with E-state index in [1.54, 1.807) is 18.7 Å². The molecule has 3 aliphatic rings. The molecule has 158 valence electrons. The molecule has 9 heteroatoms. The third-order valence-electron chi connectivity index (χ3n) is 6.54. The average Bonchev–Trinajstić information content (AvgIpc) is 3.28. The maximum Gasteiger partial charge on any atom is 0.353 e. The summed E-state index contributed by atoms with van der Waals surface area (Å²) >= 11 is 1.59. The first-order chi connectivity index (χ1) is 13.7. The number of carboxylic acid groups (broad SMARTS) is 1. The van der Waals surface area contributed by atoms with Crippen LogP contribution in [0.25, 0.3) is 0 Å². The van der Waals surface area contributed by atoms with Crippen LogP contribution in [0.3, 0.4) is 0 Å². The number of carbonyl (C=O) groups is 2. The molecule has 0 aromatic carbocycles. The zero-order chi connectivity index (χ0) is 21.0. The molecule has 4 rings (SSSR count). The van der Waals surface area contributed by atoms with Gasteiger partial charge in [-0.3, -0.25) is 4.79 Å². The summed E-state index contributed by atoms with van der Waals surface area (Å²) < 4.78 is 4.25. The number of fused-ring (bicyclic) bond motifs is 1. The van der Waals surface area contributed by atoms with Crippen molar-refractivity contribution in [3.8, 4) is 0 Å². The molecule has 2 fully saturated rings. The number of nitrogens with one attached hydrogen (secondary N) is 1. The molecule has 8 nitrogen and oxygen atoms in total. The largest absolute Gasteiger partial charge is 0.477 e. The van der Waals surface area contributed by atoms with E-state index in [9.17, 15) is 19.8 Å². The molecule has 1 amide bonds. The molecule has 0 unspecified atom stereocenters. The monoisotopic (exact) mass is 421 g/mol. The standard InChI is InChI=1S/C20H28N4O4S/c1-10-16-15(11(2)25)19(26)24(16)17(20(27)28)18(10)29-13-7-12(21-9-13)8-14-22(3)5-6-23(14)4/h5-6,10-13,15-16,21,25H,7-9H2,1-4H3/p+1/t10-,11-,12+,13+,15-,16-/m1/s1. The third-order valence-corrected chi connectivity index (χ3v) is 8.05. The van der Waals surface area contributed by atoms with Crippen LogP contribution in [-0.2, 0) is 30.1 Å². The number of aliphatic carboxylic acids is 1. The fourth-order valence-corrected chi connectivity index (χ4v) is 6.53. The van der Waals surface area contributed by atoms with Crippen molar-refractivity contribution < 1.29 is 24.4 Å². The van der Waals surface area contributed by atoms with Crippen LogP contribution in [0, 0.1) is 11.8 Å². The number of aromatic nitrogens is 2. The second-order valence-corrected chi connectivity index (χ2v) is 9.84. The molecule has 29 heavy (non-hydrogen) atoms. The van der Waals surface area contributed by atoms with Crippen molar-refractivity contribution in [2.45, 2.75) is 50.1 Å². The van der Waals surface area contributed by atoms with Crippen LogP contribution in [0.15, 0.2) is 23.0 Å². The molecule has 0 saturated carbocycles. The van der Waals surface area contributed by atoms with Crippen LogP contribution in [0.2, 0.25) is 0 Å². The number of aryl methyl sites for hydroxylation is 2. The topological polar surface area (TPSA) is 98.7 Å². The van der Waals surface area contributed by atoms with Crippen LogP contribution < -0.4 is 9.88 Å². The van der Waals surface area contributed by atoms with Crippen molar-refractivity contribution in [3.05, 3.63) is 28.8 Å². The van der Waals surface area contributed by atoms with E-state index >= 15 is 0 Å². The van der Waals surface area contributed by atoms with Crippen molar-refractivity contribution in [2.24, 2.45) is 25.9 Å². The van der Waals surface area contributed by atoms with E-state index in [1.165, 1.54) is 10.7 Å². The molecule has 0 spiro atoms. The van der Waals surface area contributed by atoms with Crippen LogP contribution in [0.1, 0.15) is 26.1 Å². The van der Waals surface area contributed by atoms with Gasteiger partial charge in [0.1, 0.15) is 18.1 Å². The second kappa shape index (κ2) is 7.45. The number of carboxylic acids is 1. The highest BCUT2D eigenvalue weighted by Crippen LogP contribution is 2.51. The minimum Gasteiger partial charge on any atom is -0.477 e. The van der Waals surface area contributed by atoms with E-state index < -0.39 is 18.0 Å². The second-order valence-electron chi connectivity index (χ2n) is 8.49. The summed E-state index contributed by atoms with van der Waals surface area (Å²) in [5.41, 5.74) is 0.117. The third kappa shape index (κ3) is 3.29. The lowest BCUT2D eigenvalue weighted by Crippen LogP contribution is -2.63. The van der Waals surface area contributed by atoms with E-state index in [4.69, 9.17) is 0 Å². The summed E-state index contributed by atoms with van der Waals surface area (Å²) in [6.07, 6.45) is 5.17. The predicted octanol–water partition coefficient (Wildman–Crippen LogP) is 0.00950. The Balaban J connectivity index is 1.48. The molecule has 3 N–H and O–H groups in total. The number of hydrogen-bond acceptors (Lipinski definition) is 5. The van der Waals surface area contributed by atoms with Crippen molar-refractivity contribution in [2.75, 3.05) is 6.54 Å². The molecule has 6 atom stereocenters. The zero-order valence-corrected chi connectivity index (χ0v) is 18.0. The van der Waals surface area contributed by atoms with Gasteiger partial charge in [-0.15, -0.1) is 11.8 Å². The number of β-lactam (4-membered cyclic amide) rings is 1. The maximum atomic E-state index is 12.5. The lowest BCUT2D eigenvalue weighted by molar-refractivity contribution is -0.678. The first-order valence-corrected chi connectivity index (χ1v) is 11.0. The van der Waals surface area contributed by atoms with Gasteiger partial charge in [-0.2, -0.15) is 0 Å². The van der Waals surface area contributed by atoms with Crippen LogP contribution in [-0.4, -0.2) is 61.5 Å². The Morgan fingerprint density at radius 1 is 1.48 bits per heavy atom. The van der Waals surface area contributed by atoms with Gasteiger partial charge >= 0.3 is 5.97 Å². The van der Waals surface area contributed by atoms with Gasteiger partial charge in [-0.1, -0.05) is 6.92 Å². The minimum atomic E-state index is -1.06. The van der Waals surface area contributed by atoms with Crippen LogP contribution in [0.4, 0.5) is 0 Å². The molecule has 3 aliphatic heterocycles. The molecule has 1 aromatic rings. The molecule has 2 saturated heterocycles. The van der Waals surface area contributed by atoms with E-state index in [0.717, 1.165) is 24.3 Å². The molecule has 0 bridgehead atoms. The van der Waals surface area contributed by atoms with Gasteiger partial charge in [0.2, 0.25) is 5.91 Å². The Kier molecular flexibility index (Phi) is 5.25. The Morgan fingerprint density at radius 3 is 2.79 bits per heavy atom. The van der Waals surface area contributed by atoms with Gasteiger partial charge in [0, 0.05) is 28.7 Å². The molecule has 0 radical (unpaired) electrons. The van der Waals surface area contributed by atoms with Gasteiger partial charge < -0.3 is 20.4 Å². The summed E-state index contributed by atoms with van der Waals surface area (Å²) in [7, 11) is 4.08. The van der Waals surface area contributed by atoms with Crippen LogP contribution in [0.5, 0.6) is 0 Å². The number of imidazole rings is 1. The minimum absolute atomic E-state index is 0.0758.